The van der Waals surface area contributed by atoms with Crippen molar-refractivity contribution in [3.8, 4) is 11.5 Å². The highest BCUT2D eigenvalue weighted by atomic mass is 16.7. The van der Waals surface area contributed by atoms with Crippen molar-refractivity contribution in [1.29, 1.82) is 0 Å². The van der Waals surface area contributed by atoms with Gasteiger partial charge in [0.1, 0.15) is 11.9 Å². The molecule has 27 heavy (non-hydrogen) atoms. The Morgan fingerprint density at radius 1 is 1.11 bits per heavy atom. The van der Waals surface area contributed by atoms with E-state index < -0.39 is 0 Å². The Labute approximate surface area is 157 Å². The largest absolute Gasteiger partial charge is 0.454 e. The Bertz CT molecular complexity index is 877. The first kappa shape index (κ1) is 17.3. The van der Waals surface area contributed by atoms with Gasteiger partial charge >= 0.3 is 0 Å². The minimum atomic E-state index is -0.0437. The maximum Gasteiger partial charge on any atom is 0.231 e. The maximum atomic E-state index is 12.6. The molecule has 2 heterocycles. The summed E-state index contributed by atoms with van der Waals surface area (Å²) in [7, 11) is 0. The molecule has 0 bridgehead atoms. The van der Waals surface area contributed by atoms with E-state index in [9.17, 15) is 4.79 Å². The fourth-order valence-electron chi connectivity index (χ4n) is 3.31. The van der Waals surface area contributed by atoms with E-state index in [0.29, 0.717) is 13.0 Å². The van der Waals surface area contributed by atoms with Crippen molar-refractivity contribution in [3.05, 3.63) is 71.6 Å². The van der Waals surface area contributed by atoms with Crippen LogP contribution in [0.1, 0.15) is 29.9 Å². The number of amides is 1. The Morgan fingerprint density at radius 3 is 2.78 bits per heavy atom. The average molecular weight is 364 g/mol. The number of nitrogens with zero attached hydrogens (tertiary/aromatic N) is 1. The fourth-order valence-corrected chi connectivity index (χ4v) is 3.31. The number of nitrogens with one attached hydrogen (secondary N) is 1. The zero-order valence-corrected chi connectivity index (χ0v) is 14.9. The number of quaternary nitrogens is 1. The molecule has 2 aliphatic heterocycles. The van der Waals surface area contributed by atoms with Gasteiger partial charge in [-0.1, -0.05) is 36.4 Å². The van der Waals surface area contributed by atoms with Gasteiger partial charge in [0.25, 0.3) is 0 Å². The van der Waals surface area contributed by atoms with Crippen LogP contribution < -0.4 is 20.1 Å². The molecule has 0 saturated carbocycles. The summed E-state index contributed by atoms with van der Waals surface area (Å²) in [5.41, 5.74) is 3.13. The lowest BCUT2D eigenvalue weighted by Crippen LogP contribution is -2.74. The number of carbonyl (C=O) groups is 1. The molecule has 6 nitrogen and oxygen atoms in total. The molecule has 138 valence electrons. The van der Waals surface area contributed by atoms with Gasteiger partial charge in [-0.25, -0.2) is 4.99 Å². The molecule has 4 rings (SSSR count). The van der Waals surface area contributed by atoms with Crippen LogP contribution in [0.4, 0.5) is 0 Å². The second-order valence-corrected chi connectivity index (χ2v) is 6.51. The molecular weight excluding hydrogens is 342 g/mol. The second-order valence-electron chi connectivity index (χ2n) is 6.51. The van der Waals surface area contributed by atoms with Crippen LogP contribution in [-0.2, 0) is 4.79 Å². The molecule has 0 saturated heterocycles. The third-order valence-corrected chi connectivity index (χ3v) is 4.71. The van der Waals surface area contributed by atoms with E-state index in [4.69, 9.17) is 9.47 Å². The van der Waals surface area contributed by atoms with Gasteiger partial charge in [-0.05, 0) is 23.3 Å². The van der Waals surface area contributed by atoms with Crippen LogP contribution in [0.15, 0.2) is 65.4 Å². The molecule has 2 aromatic rings. The van der Waals surface area contributed by atoms with Gasteiger partial charge in [-0.15, -0.1) is 0 Å². The van der Waals surface area contributed by atoms with Crippen molar-refractivity contribution in [3.63, 3.8) is 0 Å². The van der Waals surface area contributed by atoms with Gasteiger partial charge in [-0.3, -0.25) is 10.1 Å². The molecule has 0 spiro atoms. The topological polar surface area (TPSA) is 76.5 Å². The number of aliphatic imine (C=N–C) groups is 1. The van der Waals surface area contributed by atoms with Gasteiger partial charge in [0.05, 0.1) is 0 Å². The Morgan fingerprint density at radius 2 is 1.96 bits per heavy atom. The summed E-state index contributed by atoms with van der Waals surface area (Å²) in [5, 5.41) is 4.91. The van der Waals surface area contributed by atoms with Gasteiger partial charge < -0.3 is 14.8 Å². The molecule has 1 amide bonds. The zero-order valence-electron chi connectivity index (χ0n) is 14.9. The SMILES string of the molecule is O=C(CC(c1ccccc1)c1ccc2c(c1)OCO2)NCCC1=C[NH2+]C=N1. The molecule has 0 aliphatic carbocycles. The van der Waals surface area contributed by atoms with Crippen molar-refractivity contribution in [2.45, 2.75) is 18.8 Å². The van der Waals surface area contributed by atoms with Gasteiger partial charge in [0, 0.05) is 25.3 Å². The minimum absolute atomic E-state index is 0.0214. The summed E-state index contributed by atoms with van der Waals surface area (Å²) in [6.07, 6.45) is 4.84. The predicted octanol–water partition coefficient (Wildman–Crippen LogP) is 1.89. The summed E-state index contributed by atoms with van der Waals surface area (Å²) < 4.78 is 10.9. The average Bonchev–Trinajstić information content (AvgIpc) is 3.38. The smallest absolute Gasteiger partial charge is 0.231 e. The number of nitrogens with two attached hydrogens (primary N) is 1. The van der Waals surface area contributed by atoms with Crippen LogP contribution in [0.3, 0.4) is 0 Å². The summed E-state index contributed by atoms with van der Waals surface area (Å²) in [6, 6.07) is 16.0. The lowest BCUT2D eigenvalue weighted by molar-refractivity contribution is -0.447. The highest BCUT2D eigenvalue weighted by Crippen LogP contribution is 2.37. The number of fused-ring (bicyclic) bond motifs is 1. The number of benzene rings is 2. The van der Waals surface area contributed by atoms with E-state index in [2.05, 4.69) is 22.4 Å². The third-order valence-electron chi connectivity index (χ3n) is 4.71. The van der Waals surface area contributed by atoms with E-state index >= 15 is 0 Å². The van der Waals surface area contributed by atoms with E-state index in [1.54, 1.807) is 6.34 Å². The molecule has 1 unspecified atom stereocenters. The van der Waals surface area contributed by atoms with Crippen molar-refractivity contribution in [2.75, 3.05) is 13.3 Å². The predicted molar refractivity (Wildman–Crippen MR) is 102 cm³/mol. The van der Waals surface area contributed by atoms with E-state index in [1.165, 1.54) is 0 Å². The molecule has 1 atom stereocenters. The van der Waals surface area contributed by atoms with E-state index in [0.717, 1.165) is 34.7 Å². The molecule has 0 aromatic heterocycles. The molecule has 0 fully saturated rings. The second kappa shape index (κ2) is 8.05. The summed E-state index contributed by atoms with van der Waals surface area (Å²) in [5.74, 6) is 1.46. The highest BCUT2D eigenvalue weighted by molar-refractivity contribution is 5.77. The number of carbonyl (C=O) groups excluding carboxylic acids is 1. The number of rotatable bonds is 7. The highest BCUT2D eigenvalue weighted by Gasteiger charge is 2.22. The third kappa shape index (κ3) is 4.17. The van der Waals surface area contributed by atoms with Crippen molar-refractivity contribution < 1.29 is 19.6 Å². The van der Waals surface area contributed by atoms with Gasteiger partial charge in [-0.2, -0.15) is 0 Å². The van der Waals surface area contributed by atoms with Gasteiger partial charge in [0.2, 0.25) is 12.7 Å². The van der Waals surface area contributed by atoms with Crippen LogP contribution >= 0.6 is 0 Å². The van der Waals surface area contributed by atoms with Crippen LogP contribution in [0.2, 0.25) is 0 Å². The minimum Gasteiger partial charge on any atom is -0.454 e. The number of hydrogen-bond donors (Lipinski definition) is 2. The van der Waals surface area contributed by atoms with Crippen LogP contribution in [0.25, 0.3) is 0 Å². The number of ether oxygens (including phenoxy) is 2. The Balaban J connectivity index is 1.47. The van der Waals surface area contributed by atoms with E-state index in [1.807, 2.05) is 47.9 Å². The van der Waals surface area contributed by atoms with Gasteiger partial charge in [0.15, 0.2) is 17.8 Å². The molecule has 2 aliphatic rings. The zero-order chi connectivity index (χ0) is 18.5. The normalized spacial score (nSPS) is 15.5. The molecular formula is C21H22N3O3+. The standard InChI is InChI=1S/C21H21N3O3/c25-21(23-9-8-17-12-22-13-24-17)11-18(15-4-2-1-3-5-15)16-6-7-19-20(10-16)27-14-26-19/h1-7,10,12-13,18H,8-9,11,14H2,(H,22,24)(H,23,25)/p+1. The summed E-state index contributed by atoms with van der Waals surface area (Å²) in [6.45, 7) is 0.823. The summed E-state index contributed by atoms with van der Waals surface area (Å²) >= 11 is 0. The molecule has 6 heteroatoms. The van der Waals surface area contributed by atoms with Crippen molar-refractivity contribution >= 4 is 12.2 Å². The van der Waals surface area contributed by atoms with Crippen LogP contribution in [0.5, 0.6) is 11.5 Å². The van der Waals surface area contributed by atoms with E-state index in [-0.39, 0.29) is 18.6 Å². The van der Waals surface area contributed by atoms with Crippen molar-refractivity contribution in [1.82, 2.24) is 5.32 Å². The molecule has 2 aromatic carbocycles. The fraction of sp³-hybridized carbons (Fsp3) is 0.238. The first-order valence-electron chi connectivity index (χ1n) is 9.07. The number of hydrogen-bond acceptors (Lipinski definition) is 4. The van der Waals surface area contributed by atoms with Crippen LogP contribution in [0, 0.1) is 0 Å². The first-order chi connectivity index (χ1) is 13.3. The Hall–Kier alpha value is -3.12. The monoisotopic (exact) mass is 364 g/mol. The molecule has 3 N–H and O–H groups in total. The first-order valence-corrected chi connectivity index (χ1v) is 9.07. The quantitative estimate of drug-likeness (QED) is 0.788. The van der Waals surface area contributed by atoms with Crippen molar-refractivity contribution in [2.24, 2.45) is 4.99 Å². The Kier molecular flexibility index (Phi) is 5.16. The molecule has 0 radical (unpaired) electrons. The summed E-state index contributed by atoms with van der Waals surface area (Å²) in [4.78, 5) is 16.8. The lowest BCUT2D eigenvalue weighted by Gasteiger charge is -2.18. The maximum absolute atomic E-state index is 12.6. The van der Waals surface area contributed by atoms with Crippen LogP contribution in [-0.4, -0.2) is 25.6 Å². The lowest BCUT2D eigenvalue weighted by atomic mass is 9.88.